The van der Waals surface area contributed by atoms with Crippen molar-refractivity contribution in [2.45, 2.75) is 348 Å². The van der Waals surface area contributed by atoms with Crippen molar-refractivity contribution in [2.24, 2.45) is 0 Å². The summed E-state index contributed by atoms with van der Waals surface area (Å²) in [6.45, 7) is 6.81. The number of likely N-dealkylation sites (N-methyl/N-ethyl adjacent to an activating group) is 1. The third kappa shape index (κ3) is 67.3. The maximum Gasteiger partial charge on any atom is 0.306 e. The first-order valence-corrected chi connectivity index (χ1v) is 38.5. The molecule has 3 unspecified atom stereocenters. The lowest BCUT2D eigenvalue weighted by molar-refractivity contribution is -0.870. The van der Waals surface area contributed by atoms with E-state index in [0.717, 1.165) is 103 Å². The Morgan fingerprint density at radius 2 is 0.693 bits per heavy atom. The number of rotatable bonds is 67. The largest absolute Gasteiger partial charge is 0.756 e. The third-order valence-electron chi connectivity index (χ3n) is 16.2. The quantitative estimate of drug-likeness (QED) is 0.0212. The molecule has 9 nitrogen and oxygen atoms in total. The lowest BCUT2D eigenvalue weighted by Crippen LogP contribution is -2.47. The molecule has 0 fully saturated rings. The molecule has 0 aromatic heterocycles. The topological polar surface area (TPSA) is 114 Å². The first-order chi connectivity index (χ1) is 42.9. The average molecular weight is 1250 g/mol. The highest BCUT2D eigenvalue weighted by Crippen LogP contribution is 2.38. The number of carbonyl (C=O) groups is 2. The fourth-order valence-electron chi connectivity index (χ4n) is 10.5. The highest BCUT2D eigenvalue weighted by Gasteiger charge is 2.27. The maximum atomic E-state index is 13.6. The van der Waals surface area contributed by atoms with Crippen LogP contribution in [0, 0.1) is 0 Å². The molecule has 0 saturated heterocycles. The maximum absolute atomic E-state index is 13.6. The first-order valence-electron chi connectivity index (χ1n) is 37.0. The summed E-state index contributed by atoms with van der Waals surface area (Å²) >= 11 is 0. The van der Waals surface area contributed by atoms with E-state index >= 15 is 0 Å². The van der Waals surface area contributed by atoms with Crippen LogP contribution in [0.1, 0.15) is 335 Å². The number of hydrogen-bond acceptors (Lipinski definition) is 7. The lowest BCUT2D eigenvalue weighted by atomic mass is 10.0. The van der Waals surface area contributed by atoms with E-state index < -0.39 is 26.6 Å². The Morgan fingerprint density at radius 1 is 0.398 bits per heavy atom. The molecule has 0 bridgehead atoms. The van der Waals surface area contributed by atoms with Gasteiger partial charge in [0.15, 0.2) is 0 Å². The van der Waals surface area contributed by atoms with Crippen LogP contribution in [0.15, 0.2) is 97.2 Å². The second-order valence-electron chi connectivity index (χ2n) is 26.1. The van der Waals surface area contributed by atoms with Gasteiger partial charge in [-0.2, -0.15) is 0 Å². The molecule has 0 rings (SSSR count). The Morgan fingerprint density at radius 3 is 1.06 bits per heavy atom. The predicted octanol–water partition coefficient (Wildman–Crippen LogP) is 23.2. The van der Waals surface area contributed by atoms with Crippen molar-refractivity contribution < 1.29 is 37.3 Å². The van der Waals surface area contributed by atoms with E-state index in [2.05, 4.69) is 111 Å². The molecule has 0 aliphatic rings. The van der Waals surface area contributed by atoms with Crippen LogP contribution in [-0.4, -0.2) is 69.4 Å². The summed E-state index contributed by atoms with van der Waals surface area (Å²) in [5.41, 5.74) is 0. The van der Waals surface area contributed by atoms with Crippen molar-refractivity contribution >= 4 is 19.7 Å². The number of quaternary nitrogens is 1. The van der Waals surface area contributed by atoms with Crippen LogP contribution < -0.4 is 10.2 Å². The van der Waals surface area contributed by atoms with Gasteiger partial charge in [0.05, 0.1) is 33.8 Å². The van der Waals surface area contributed by atoms with E-state index in [1.165, 1.54) is 199 Å². The summed E-state index contributed by atoms with van der Waals surface area (Å²) in [6.07, 6.45) is 91.0. The Kier molecular flexibility index (Phi) is 64.5. The summed E-state index contributed by atoms with van der Waals surface area (Å²) in [6, 6.07) is -0.900. The fourth-order valence-corrected chi connectivity index (χ4v) is 11.2. The Hall–Kier alpha value is -3.07. The molecular weight excluding hydrogens is 1110 g/mol. The summed E-state index contributed by atoms with van der Waals surface area (Å²) in [4.78, 5) is 40.2. The number of ether oxygens (including phenoxy) is 1. The van der Waals surface area contributed by atoms with E-state index in [0.29, 0.717) is 17.4 Å². The second kappa shape index (κ2) is 66.8. The number of unbranched alkanes of at least 4 members (excludes halogenated alkanes) is 37. The van der Waals surface area contributed by atoms with Crippen LogP contribution in [0.2, 0.25) is 0 Å². The van der Waals surface area contributed by atoms with Crippen LogP contribution in [0.5, 0.6) is 0 Å². The number of nitrogens with one attached hydrogen (secondary N) is 1. The van der Waals surface area contributed by atoms with Crippen LogP contribution >= 0.6 is 7.82 Å². The average Bonchev–Trinajstić information content (AvgIpc) is 3.53. The zero-order chi connectivity index (χ0) is 64.2. The zero-order valence-electron chi connectivity index (χ0n) is 58.4. The first kappa shape index (κ1) is 84.9. The van der Waals surface area contributed by atoms with Crippen molar-refractivity contribution in [2.75, 3.05) is 40.9 Å². The summed E-state index contributed by atoms with van der Waals surface area (Å²) in [5.74, 6) is -0.548. The van der Waals surface area contributed by atoms with Crippen molar-refractivity contribution in [3.05, 3.63) is 97.2 Å². The molecule has 3 atom stereocenters. The van der Waals surface area contributed by atoms with E-state index in [1.54, 1.807) is 0 Å². The molecule has 0 aliphatic carbocycles. The van der Waals surface area contributed by atoms with Crippen LogP contribution in [0.4, 0.5) is 0 Å². The number of allylic oxidation sites excluding steroid dienone is 15. The van der Waals surface area contributed by atoms with Gasteiger partial charge in [0, 0.05) is 12.8 Å². The van der Waals surface area contributed by atoms with Crippen LogP contribution in [0.25, 0.3) is 0 Å². The number of hydrogen-bond donors (Lipinski definition) is 1. The van der Waals surface area contributed by atoms with E-state index in [-0.39, 0.29) is 24.9 Å². The number of esters is 1. The van der Waals surface area contributed by atoms with Gasteiger partial charge >= 0.3 is 5.97 Å². The molecular formula is C78H141N2O7P. The minimum atomic E-state index is -4.71. The molecule has 88 heavy (non-hydrogen) atoms. The van der Waals surface area contributed by atoms with Gasteiger partial charge in [0.25, 0.3) is 7.82 Å². The number of phosphoric ester groups is 1. The summed E-state index contributed by atoms with van der Waals surface area (Å²) < 4.78 is 30.5. The van der Waals surface area contributed by atoms with Crippen LogP contribution in [-0.2, 0) is 27.9 Å². The Labute approximate surface area is 545 Å². The molecule has 0 saturated carbocycles. The molecule has 0 aromatic rings. The number of phosphoric acid groups is 1. The van der Waals surface area contributed by atoms with Gasteiger partial charge < -0.3 is 28.5 Å². The molecule has 0 aliphatic heterocycles. The monoisotopic (exact) mass is 1250 g/mol. The van der Waals surface area contributed by atoms with Gasteiger partial charge in [0.2, 0.25) is 5.91 Å². The molecule has 1 N–H and O–H groups in total. The normalized spacial score (nSPS) is 14.0. The van der Waals surface area contributed by atoms with Crippen molar-refractivity contribution in [3.8, 4) is 0 Å². The number of nitrogens with zero attached hydrogens (tertiary/aromatic N) is 1. The van der Waals surface area contributed by atoms with E-state index in [9.17, 15) is 19.0 Å². The molecule has 0 aromatic carbocycles. The molecule has 0 radical (unpaired) electrons. The van der Waals surface area contributed by atoms with Crippen molar-refractivity contribution in [1.29, 1.82) is 0 Å². The molecule has 10 heteroatoms. The van der Waals surface area contributed by atoms with Gasteiger partial charge in [-0.25, -0.2) is 0 Å². The SMILES string of the molecule is CCCCC/C=C\C/C=C\C/C=C\C/C=C\CCCCCCCCCC(=O)NC(COP(=O)([O-])OCC[N+](C)(C)C)C(/C=C/CCCCCCCCCCCC)OC(=O)CCCCCCCCCCCCCCCC/C=C\C/C=C\C/C=C\CCCCC. The van der Waals surface area contributed by atoms with Crippen molar-refractivity contribution in [1.82, 2.24) is 5.32 Å². The smallest absolute Gasteiger partial charge is 0.306 e. The number of amides is 1. The van der Waals surface area contributed by atoms with Gasteiger partial charge in [-0.1, -0.05) is 305 Å². The molecule has 510 valence electrons. The minimum absolute atomic E-state index is 0.0278. The van der Waals surface area contributed by atoms with E-state index in [1.807, 2.05) is 33.3 Å². The van der Waals surface area contributed by atoms with Gasteiger partial charge in [-0.05, 0) is 115 Å². The minimum Gasteiger partial charge on any atom is -0.756 e. The highest BCUT2D eigenvalue weighted by atomic mass is 31.2. The molecule has 1 amide bonds. The Bertz CT molecular complexity index is 1830. The number of carbonyl (C=O) groups excluding carboxylic acids is 2. The Balaban J connectivity index is 5.04. The van der Waals surface area contributed by atoms with Gasteiger partial charge in [0.1, 0.15) is 19.3 Å². The standard InChI is InChI=1S/C78H141N2O7P/c1-7-10-13-16-19-22-25-28-30-32-34-36-38-39-40-41-43-45-47-49-51-53-56-59-62-65-68-71-78(82)87-76(69-66-63-60-57-54-27-24-21-18-15-12-9-3)75(74-86-88(83,84)85-73-72-80(4,5)6)79-77(81)70-67-64-61-58-55-52-50-48-46-44-42-37-35-33-31-29-26-23-20-17-14-11-8-2/h19-20,22-23,28-31,34-37,44,46,66,69,75-76H,7-18,21,24-27,32-33,38-43,45,47-65,67-68,70-74H2,1-6H3,(H-,79,81,83,84)/b22-19-,23-20-,30-28-,31-29-,36-34-,37-35-,46-44-,69-66+. The van der Waals surface area contributed by atoms with E-state index in [4.69, 9.17) is 13.8 Å². The molecule has 0 spiro atoms. The fraction of sp³-hybridized carbons (Fsp3) is 0.769. The summed E-state index contributed by atoms with van der Waals surface area (Å²) in [5, 5.41) is 3.04. The predicted molar refractivity (Wildman–Crippen MR) is 381 cm³/mol. The van der Waals surface area contributed by atoms with Gasteiger partial charge in [-0.15, -0.1) is 0 Å². The van der Waals surface area contributed by atoms with Gasteiger partial charge in [-0.3, -0.25) is 14.2 Å². The molecule has 0 heterocycles. The van der Waals surface area contributed by atoms with Crippen molar-refractivity contribution in [3.63, 3.8) is 0 Å². The highest BCUT2D eigenvalue weighted by molar-refractivity contribution is 7.45. The lowest BCUT2D eigenvalue weighted by Gasteiger charge is -2.30. The zero-order valence-corrected chi connectivity index (χ0v) is 59.3. The van der Waals surface area contributed by atoms with Crippen LogP contribution in [0.3, 0.4) is 0 Å². The second-order valence-corrected chi connectivity index (χ2v) is 27.5. The summed E-state index contributed by atoms with van der Waals surface area (Å²) in [7, 11) is 1.17. The third-order valence-corrected chi connectivity index (χ3v) is 17.2.